The van der Waals surface area contributed by atoms with Crippen molar-refractivity contribution >= 4 is 33.7 Å². The van der Waals surface area contributed by atoms with Crippen molar-refractivity contribution < 1.29 is 9.16 Å². The predicted octanol–water partition coefficient (Wildman–Crippen LogP) is 1.79. The molecule has 0 saturated carbocycles. The highest BCUT2D eigenvalue weighted by atomic mass is 35.5. The third-order valence-corrected chi connectivity index (χ3v) is 3.30. The maximum absolute atomic E-state index is 5.77. The minimum Gasteiger partial charge on any atom is -0.399 e. The molecule has 0 aliphatic rings. The summed E-state index contributed by atoms with van der Waals surface area (Å²) in [6.45, 7) is 6.88. The average Bonchev–Trinajstić information content (AvgIpc) is 2.03. The highest BCUT2D eigenvalue weighted by molar-refractivity contribution is 6.48. The van der Waals surface area contributed by atoms with Crippen molar-refractivity contribution in [3.05, 3.63) is 12.2 Å². The Balaban J connectivity index is 3.30. The van der Waals surface area contributed by atoms with Crippen molar-refractivity contribution in [3.63, 3.8) is 0 Å². The Labute approximate surface area is 92.7 Å². The molecule has 0 heterocycles. The van der Waals surface area contributed by atoms with Crippen LogP contribution in [-0.2, 0) is 9.16 Å². The van der Waals surface area contributed by atoms with Crippen molar-refractivity contribution in [1.82, 2.24) is 0 Å². The van der Waals surface area contributed by atoms with Crippen LogP contribution in [0.15, 0.2) is 12.2 Å². The van der Waals surface area contributed by atoms with Gasteiger partial charge in [0.25, 0.3) is 0 Å². The number of ether oxygens (including phenoxy) is 1. The third-order valence-electron chi connectivity index (χ3n) is 1.40. The van der Waals surface area contributed by atoms with Crippen LogP contribution >= 0.6 is 23.2 Å². The van der Waals surface area contributed by atoms with Crippen LogP contribution in [0.4, 0.5) is 0 Å². The number of hydrogen-bond donors (Lipinski definition) is 0. The summed E-state index contributed by atoms with van der Waals surface area (Å²) >= 11 is 11.5. The summed E-state index contributed by atoms with van der Waals surface area (Å²) in [6, 6.07) is 0. The monoisotopic (exact) mass is 242 g/mol. The fraction of sp³-hybridized carbons (Fsp3) is 0.750. The van der Waals surface area contributed by atoms with Gasteiger partial charge >= 0.3 is 0 Å². The smallest absolute Gasteiger partial charge is 0.207 e. The fourth-order valence-electron chi connectivity index (χ4n) is 0.728. The van der Waals surface area contributed by atoms with Gasteiger partial charge in [0.15, 0.2) is 0 Å². The zero-order valence-corrected chi connectivity index (χ0v) is 11.6. The zero-order chi connectivity index (χ0) is 10.3. The summed E-state index contributed by atoms with van der Waals surface area (Å²) in [5.74, 6) is 0. The zero-order valence-electron chi connectivity index (χ0n) is 8.11. The second kappa shape index (κ2) is 6.84. The van der Waals surface area contributed by atoms with E-state index in [0.717, 1.165) is 12.0 Å². The van der Waals surface area contributed by atoms with Crippen LogP contribution in [0.5, 0.6) is 0 Å². The molecule has 0 atom stereocenters. The van der Waals surface area contributed by atoms with E-state index in [1.165, 1.54) is 0 Å². The van der Waals surface area contributed by atoms with E-state index in [2.05, 4.69) is 6.58 Å². The SMILES string of the molecule is C=C(C)COCCCC(Cl)(Cl)O[SiH3]. The van der Waals surface area contributed by atoms with E-state index in [1.54, 1.807) is 0 Å². The first kappa shape index (κ1) is 13.5. The Kier molecular flexibility index (Phi) is 7.08. The van der Waals surface area contributed by atoms with Crippen molar-refractivity contribution in [3.8, 4) is 0 Å². The molecule has 0 aromatic heterocycles. The molecule has 0 aliphatic heterocycles. The van der Waals surface area contributed by atoms with E-state index < -0.39 is 4.52 Å². The minimum atomic E-state index is -1.02. The summed E-state index contributed by atoms with van der Waals surface area (Å²) in [6.07, 6.45) is 1.39. The largest absolute Gasteiger partial charge is 0.399 e. The summed E-state index contributed by atoms with van der Waals surface area (Å²) in [5.41, 5.74) is 1.02. The van der Waals surface area contributed by atoms with Crippen LogP contribution in [0.1, 0.15) is 19.8 Å². The quantitative estimate of drug-likeness (QED) is 0.294. The fourth-order valence-corrected chi connectivity index (χ4v) is 1.20. The highest BCUT2D eigenvalue weighted by Gasteiger charge is 2.20. The molecule has 0 aromatic carbocycles. The molecule has 2 nitrogen and oxygen atoms in total. The van der Waals surface area contributed by atoms with E-state index in [1.807, 2.05) is 6.92 Å². The lowest BCUT2D eigenvalue weighted by Crippen LogP contribution is -2.16. The van der Waals surface area contributed by atoms with Gasteiger partial charge in [0.05, 0.1) is 6.61 Å². The third kappa shape index (κ3) is 8.78. The number of rotatable bonds is 7. The molecule has 13 heavy (non-hydrogen) atoms. The molecule has 0 amide bonds. The van der Waals surface area contributed by atoms with Crippen molar-refractivity contribution in [2.24, 2.45) is 0 Å². The van der Waals surface area contributed by atoms with Gasteiger partial charge in [-0.25, -0.2) is 0 Å². The molecule has 0 aromatic rings. The molecular formula is C8H16Cl2O2Si. The molecule has 0 fully saturated rings. The predicted molar refractivity (Wildman–Crippen MR) is 60.3 cm³/mol. The van der Waals surface area contributed by atoms with Crippen LogP contribution < -0.4 is 0 Å². The maximum atomic E-state index is 5.77. The summed E-state index contributed by atoms with van der Waals surface area (Å²) in [7, 11) is 0.545. The van der Waals surface area contributed by atoms with E-state index >= 15 is 0 Å². The van der Waals surface area contributed by atoms with Crippen LogP contribution in [0.3, 0.4) is 0 Å². The highest BCUT2D eigenvalue weighted by Crippen LogP contribution is 2.26. The molecule has 5 heteroatoms. The van der Waals surface area contributed by atoms with Gasteiger partial charge < -0.3 is 9.16 Å². The lowest BCUT2D eigenvalue weighted by molar-refractivity contribution is 0.139. The molecular weight excluding hydrogens is 227 g/mol. The van der Waals surface area contributed by atoms with E-state index in [-0.39, 0.29) is 0 Å². The Bertz CT molecular complexity index is 162. The first-order chi connectivity index (χ1) is 5.98. The Morgan fingerprint density at radius 3 is 2.62 bits per heavy atom. The normalized spacial score (nSPS) is 11.9. The summed E-state index contributed by atoms with van der Waals surface area (Å²) < 4.78 is 9.22. The van der Waals surface area contributed by atoms with Gasteiger partial charge in [0.2, 0.25) is 4.52 Å². The maximum Gasteiger partial charge on any atom is 0.207 e. The van der Waals surface area contributed by atoms with Gasteiger partial charge in [-0.2, -0.15) is 0 Å². The van der Waals surface area contributed by atoms with Gasteiger partial charge in [-0.05, 0) is 13.3 Å². The van der Waals surface area contributed by atoms with E-state index in [4.69, 9.17) is 32.4 Å². The average molecular weight is 243 g/mol. The van der Waals surface area contributed by atoms with Gasteiger partial charge in [-0.3, -0.25) is 0 Å². The molecule has 78 valence electrons. The molecule has 0 aliphatic carbocycles. The van der Waals surface area contributed by atoms with Crippen LogP contribution in [0, 0.1) is 0 Å². The number of hydrogen-bond acceptors (Lipinski definition) is 2. The second-order valence-corrected chi connectivity index (χ2v) is 4.78. The molecule has 0 unspecified atom stereocenters. The molecule has 0 radical (unpaired) electrons. The Morgan fingerprint density at radius 1 is 1.54 bits per heavy atom. The summed E-state index contributed by atoms with van der Waals surface area (Å²) in [4.78, 5) is 0. The van der Waals surface area contributed by atoms with Crippen molar-refractivity contribution in [2.75, 3.05) is 13.2 Å². The van der Waals surface area contributed by atoms with Crippen molar-refractivity contribution in [1.29, 1.82) is 0 Å². The first-order valence-electron chi connectivity index (χ1n) is 4.13. The topological polar surface area (TPSA) is 18.5 Å². The van der Waals surface area contributed by atoms with Crippen LogP contribution in [-0.4, -0.2) is 28.2 Å². The van der Waals surface area contributed by atoms with Gasteiger partial charge in [-0.1, -0.05) is 35.4 Å². The lowest BCUT2D eigenvalue weighted by atomic mass is 10.3. The molecule has 0 N–H and O–H groups in total. The van der Waals surface area contributed by atoms with Gasteiger partial charge in [0, 0.05) is 13.0 Å². The standard InChI is InChI=1S/C8H16Cl2O2Si/c1-7(2)6-11-5-3-4-8(9,10)12-13/h1,3-6H2,2,13H3. The van der Waals surface area contributed by atoms with E-state index in [9.17, 15) is 0 Å². The van der Waals surface area contributed by atoms with Crippen molar-refractivity contribution in [2.45, 2.75) is 24.3 Å². The lowest BCUT2D eigenvalue weighted by Gasteiger charge is -2.17. The van der Waals surface area contributed by atoms with E-state index in [0.29, 0.717) is 30.1 Å². The number of alkyl halides is 2. The summed E-state index contributed by atoms with van der Waals surface area (Å²) in [5, 5.41) is 0. The number of halogens is 2. The Hall–Kier alpha value is 0.457. The molecule has 0 saturated heterocycles. The molecule has 0 rings (SSSR count). The van der Waals surface area contributed by atoms with Gasteiger partial charge in [0.1, 0.15) is 10.5 Å². The molecule has 0 bridgehead atoms. The second-order valence-electron chi connectivity index (χ2n) is 2.95. The minimum absolute atomic E-state index is 0.545. The Morgan fingerprint density at radius 2 is 2.15 bits per heavy atom. The first-order valence-corrected chi connectivity index (χ1v) is 5.70. The van der Waals surface area contributed by atoms with Gasteiger partial charge in [-0.15, -0.1) is 0 Å². The van der Waals surface area contributed by atoms with Crippen LogP contribution in [0.25, 0.3) is 0 Å². The van der Waals surface area contributed by atoms with Crippen LogP contribution in [0.2, 0.25) is 0 Å². The molecule has 0 spiro atoms.